The highest BCUT2D eigenvalue weighted by molar-refractivity contribution is 9.10. The lowest BCUT2D eigenvalue weighted by atomic mass is 10.4. The molecular formula is C10H10BrN3O2S. The van der Waals surface area contributed by atoms with E-state index in [1.54, 1.807) is 36.1 Å². The van der Waals surface area contributed by atoms with E-state index in [0.29, 0.717) is 10.3 Å². The molecule has 0 aliphatic carbocycles. The Morgan fingerprint density at radius 3 is 2.76 bits per heavy atom. The van der Waals surface area contributed by atoms with Gasteiger partial charge in [0.15, 0.2) is 0 Å². The van der Waals surface area contributed by atoms with Crippen LogP contribution < -0.4 is 4.72 Å². The van der Waals surface area contributed by atoms with Crippen molar-refractivity contribution in [3.8, 4) is 0 Å². The minimum atomic E-state index is -3.56. The van der Waals surface area contributed by atoms with Crippen LogP contribution in [0.15, 0.2) is 46.3 Å². The van der Waals surface area contributed by atoms with Gasteiger partial charge in [-0.25, -0.2) is 13.4 Å². The van der Waals surface area contributed by atoms with Crippen LogP contribution in [0.4, 0.5) is 5.69 Å². The summed E-state index contributed by atoms with van der Waals surface area (Å²) < 4.78 is 28.6. The monoisotopic (exact) mass is 315 g/mol. The van der Waals surface area contributed by atoms with Crippen LogP contribution in [0.2, 0.25) is 0 Å². The van der Waals surface area contributed by atoms with Crippen molar-refractivity contribution in [2.75, 3.05) is 4.72 Å². The summed E-state index contributed by atoms with van der Waals surface area (Å²) in [4.78, 5) is 4.16. The summed E-state index contributed by atoms with van der Waals surface area (Å²) in [5.41, 5.74) is 0.413. The number of sulfonamides is 1. The van der Waals surface area contributed by atoms with Gasteiger partial charge in [-0.2, -0.15) is 0 Å². The topological polar surface area (TPSA) is 64.0 Å². The third-order valence-corrected chi connectivity index (χ3v) is 4.10. The molecular weight excluding hydrogens is 306 g/mol. The number of pyridine rings is 1. The number of aromatic nitrogens is 2. The first kappa shape index (κ1) is 12.1. The average Bonchev–Trinajstić information content (AvgIpc) is 2.69. The van der Waals surface area contributed by atoms with Crippen molar-refractivity contribution < 1.29 is 8.42 Å². The van der Waals surface area contributed by atoms with Gasteiger partial charge in [-0.1, -0.05) is 0 Å². The number of hydrogen-bond acceptors (Lipinski definition) is 3. The van der Waals surface area contributed by atoms with Crippen molar-refractivity contribution in [3.05, 3.63) is 41.4 Å². The largest absolute Gasteiger partial charge is 0.356 e. The van der Waals surface area contributed by atoms with Gasteiger partial charge in [0.1, 0.15) is 9.50 Å². The zero-order valence-corrected chi connectivity index (χ0v) is 11.4. The van der Waals surface area contributed by atoms with Crippen molar-refractivity contribution >= 4 is 31.6 Å². The molecule has 0 atom stereocenters. The number of aryl methyl sites for hydroxylation is 1. The third-order valence-electron chi connectivity index (χ3n) is 2.12. The van der Waals surface area contributed by atoms with Crippen LogP contribution >= 0.6 is 15.9 Å². The molecule has 90 valence electrons. The van der Waals surface area contributed by atoms with E-state index in [2.05, 4.69) is 25.6 Å². The van der Waals surface area contributed by atoms with Gasteiger partial charge in [0.25, 0.3) is 10.0 Å². The zero-order valence-electron chi connectivity index (χ0n) is 8.96. The summed E-state index contributed by atoms with van der Waals surface area (Å²) in [5.74, 6) is 0. The SMILES string of the molecule is Cn1ccc(S(=O)(=O)Nc2cccnc2Br)c1. The van der Waals surface area contributed by atoms with Crippen molar-refractivity contribution in [1.29, 1.82) is 0 Å². The predicted octanol–water partition coefficient (Wildman–Crippen LogP) is 1.98. The van der Waals surface area contributed by atoms with E-state index in [1.807, 2.05) is 0 Å². The molecule has 1 N–H and O–H groups in total. The molecule has 0 aliphatic rings. The lowest BCUT2D eigenvalue weighted by Gasteiger charge is -2.07. The highest BCUT2D eigenvalue weighted by Gasteiger charge is 2.16. The number of anilines is 1. The number of hydrogen-bond donors (Lipinski definition) is 1. The van der Waals surface area contributed by atoms with Crippen LogP contribution in [0.5, 0.6) is 0 Å². The molecule has 2 aromatic heterocycles. The zero-order chi connectivity index (χ0) is 12.5. The van der Waals surface area contributed by atoms with Gasteiger partial charge in [-0.3, -0.25) is 4.72 Å². The maximum atomic E-state index is 12.0. The van der Waals surface area contributed by atoms with E-state index in [4.69, 9.17) is 0 Å². The van der Waals surface area contributed by atoms with Gasteiger partial charge in [-0.05, 0) is 34.1 Å². The summed E-state index contributed by atoms with van der Waals surface area (Å²) in [6.07, 6.45) is 4.78. The Bertz CT molecular complexity index is 637. The first-order chi connectivity index (χ1) is 7.99. The Kier molecular flexibility index (Phi) is 3.21. The Hall–Kier alpha value is -1.34. The van der Waals surface area contributed by atoms with Gasteiger partial charge in [0, 0.05) is 25.6 Å². The summed E-state index contributed by atoms with van der Waals surface area (Å²) in [6, 6.07) is 4.83. The second-order valence-corrected chi connectivity index (χ2v) is 5.89. The number of nitrogens with zero attached hydrogens (tertiary/aromatic N) is 2. The Morgan fingerprint density at radius 2 is 2.18 bits per heavy atom. The molecule has 5 nitrogen and oxygen atoms in total. The van der Waals surface area contributed by atoms with E-state index >= 15 is 0 Å². The molecule has 0 amide bonds. The fourth-order valence-corrected chi connectivity index (χ4v) is 2.90. The molecule has 0 saturated carbocycles. The molecule has 0 aliphatic heterocycles. The summed E-state index contributed by atoms with van der Waals surface area (Å²) in [5, 5.41) is 0. The summed E-state index contributed by atoms with van der Waals surface area (Å²) in [6.45, 7) is 0. The average molecular weight is 316 g/mol. The molecule has 17 heavy (non-hydrogen) atoms. The predicted molar refractivity (Wildman–Crippen MR) is 68.2 cm³/mol. The van der Waals surface area contributed by atoms with E-state index in [1.165, 1.54) is 12.3 Å². The molecule has 0 aromatic carbocycles. The lowest BCUT2D eigenvalue weighted by Crippen LogP contribution is -2.12. The number of halogens is 1. The van der Waals surface area contributed by atoms with Crippen LogP contribution in [0, 0.1) is 0 Å². The normalized spacial score (nSPS) is 11.4. The molecule has 0 unspecified atom stereocenters. The van der Waals surface area contributed by atoms with Gasteiger partial charge >= 0.3 is 0 Å². The Labute approximate surface area is 108 Å². The summed E-state index contributed by atoms with van der Waals surface area (Å²) >= 11 is 3.18. The third kappa shape index (κ3) is 2.67. The maximum absolute atomic E-state index is 12.0. The van der Waals surface area contributed by atoms with Crippen LogP contribution in [0.1, 0.15) is 0 Å². The van der Waals surface area contributed by atoms with Gasteiger partial charge in [0.05, 0.1) is 5.69 Å². The van der Waals surface area contributed by atoms with Crippen molar-refractivity contribution in [2.45, 2.75) is 4.90 Å². The Balaban J connectivity index is 2.33. The lowest BCUT2D eigenvalue weighted by molar-refractivity contribution is 0.601. The molecule has 0 radical (unpaired) electrons. The van der Waals surface area contributed by atoms with Crippen molar-refractivity contribution in [1.82, 2.24) is 9.55 Å². The minimum absolute atomic E-state index is 0.218. The van der Waals surface area contributed by atoms with Gasteiger partial charge in [-0.15, -0.1) is 0 Å². The van der Waals surface area contributed by atoms with Crippen LogP contribution in [0.3, 0.4) is 0 Å². The van der Waals surface area contributed by atoms with E-state index in [0.717, 1.165) is 0 Å². The van der Waals surface area contributed by atoms with Crippen LogP contribution in [-0.4, -0.2) is 18.0 Å². The fraction of sp³-hybridized carbons (Fsp3) is 0.100. The maximum Gasteiger partial charge on any atom is 0.263 e. The highest BCUT2D eigenvalue weighted by Crippen LogP contribution is 2.22. The molecule has 0 fully saturated rings. The first-order valence-corrected chi connectivity index (χ1v) is 7.02. The van der Waals surface area contributed by atoms with E-state index in [-0.39, 0.29) is 4.90 Å². The first-order valence-electron chi connectivity index (χ1n) is 4.74. The number of nitrogens with one attached hydrogen (secondary N) is 1. The molecule has 0 spiro atoms. The molecule has 2 rings (SSSR count). The molecule has 2 aromatic rings. The second kappa shape index (κ2) is 4.50. The molecule has 2 heterocycles. The summed E-state index contributed by atoms with van der Waals surface area (Å²) in [7, 11) is -1.79. The second-order valence-electron chi connectivity index (χ2n) is 3.46. The Morgan fingerprint density at radius 1 is 1.41 bits per heavy atom. The van der Waals surface area contributed by atoms with Crippen molar-refractivity contribution in [3.63, 3.8) is 0 Å². The van der Waals surface area contributed by atoms with E-state index in [9.17, 15) is 8.42 Å². The molecule has 0 bridgehead atoms. The van der Waals surface area contributed by atoms with E-state index < -0.39 is 10.0 Å². The van der Waals surface area contributed by atoms with Gasteiger partial charge < -0.3 is 4.57 Å². The van der Waals surface area contributed by atoms with Crippen LogP contribution in [0.25, 0.3) is 0 Å². The van der Waals surface area contributed by atoms with Crippen LogP contribution in [-0.2, 0) is 17.1 Å². The molecule has 7 heteroatoms. The fourth-order valence-electron chi connectivity index (χ4n) is 1.30. The quantitative estimate of drug-likeness (QED) is 0.881. The molecule has 0 saturated heterocycles. The van der Waals surface area contributed by atoms with Gasteiger partial charge in [0.2, 0.25) is 0 Å². The van der Waals surface area contributed by atoms with Crippen molar-refractivity contribution in [2.24, 2.45) is 7.05 Å². The standard InChI is InChI=1S/C10H10BrN3O2S/c1-14-6-4-8(7-14)17(15,16)13-9-3-2-5-12-10(9)11/h2-7,13H,1H3. The highest BCUT2D eigenvalue weighted by atomic mass is 79.9. The smallest absolute Gasteiger partial charge is 0.263 e. The number of rotatable bonds is 3. The minimum Gasteiger partial charge on any atom is -0.356 e.